The van der Waals surface area contributed by atoms with Gasteiger partial charge in [-0.2, -0.15) is 0 Å². The fourth-order valence-electron chi connectivity index (χ4n) is 3.86. The average Bonchev–Trinajstić information content (AvgIpc) is 2.74. The molecule has 0 bridgehead atoms. The van der Waals surface area contributed by atoms with Gasteiger partial charge in [0.15, 0.2) is 0 Å². The summed E-state index contributed by atoms with van der Waals surface area (Å²) in [6.45, 7) is 0. The van der Waals surface area contributed by atoms with Gasteiger partial charge in [0.1, 0.15) is 0 Å². The van der Waals surface area contributed by atoms with Crippen LogP contribution in [0, 0.1) is 11.8 Å². The van der Waals surface area contributed by atoms with Gasteiger partial charge in [-0.3, -0.25) is 0 Å². The van der Waals surface area contributed by atoms with Crippen molar-refractivity contribution >= 4 is 19.7 Å². The third-order valence-electron chi connectivity index (χ3n) is 4.60. The molecule has 5 unspecified atom stereocenters. The van der Waals surface area contributed by atoms with Crippen LogP contribution in [-0.4, -0.2) is 25.9 Å². The normalized spacial score (nSPS) is 47.7. The van der Waals surface area contributed by atoms with E-state index >= 15 is 0 Å². The van der Waals surface area contributed by atoms with E-state index in [1.54, 1.807) is 0 Å². The predicted octanol–water partition coefficient (Wildman–Crippen LogP) is 2.29. The van der Waals surface area contributed by atoms with Crippen LogP contribution in [-0.2, 0) is 13.8 Å². The molecule has 0 N–H and O–H groups in total. The number of rotatable bonds is 1. The molecule has 1 saturated heterocycles. The second-order valence-corrected chi connectivity index (χ2v) is 8.29. The lowest BCUT2D eigenvalue weighted by Gasteiger charge is -2.31. The smallest absolute Gasteiger partial charge is 0.235 e. The van der Waals surface area contributed by atoms with E-state index in [0.29, 0.717) is 24.4 Å². The molecule has 3 fully saturated rings. The van der Waals surface area contributed by atoms with Crippen LogP contribution >= 0.6 is 10.7 Å². The van der Waals surface area contributed by atoms with Gasteiger partial charge in [0.05, 0.1) is 17.5 Å². The highest BCUT2D eigenvalue weighted by Crippen LogP contribution is 2.49. The Labute approximate surface area is 101 Å². The fourth-order valence-corrected chi connectivity index (χ4v) is 5.18. The summed E-state index contributed by atoms with van der Waals surface area (Å²) >= 11 is 0. The van der Waals surface area contributed by atoms with Gasteiger partial charge >= 0.3 is 0 Å². The lowest BCUT2D eigenvalue weighted by atomic mass is 9.79. The summed E-state index contributed by atoms with van der Waals surface area (Å²) in [7, 11) is 2.04. The van der Waals surface area contributed by atoms with Crippen LogP contribution in [0.5, 0.6) is 0 Å². The van der Waals surface area contributed by atoms with E-state index in [-0.39, 0.29) is 11.4 Å². The molecule has 3 rings (SSSR count). The van der Waals surface area contributed by atoms with Crippen LogP contribution in [0.25, 0.3) is 0 Å². The summed E-state index contributed by atoms with van der Waals surface area (Å²) in [5, 5.41) is -0.380. The topological polar surface area (TPSA) is 43.4 Å². The van der Waals surface area contributed by atoms with Gasteiger partial charge in [-0.05, 0) is 43.9 Å². The molecule has 1 heterocycles. The fraction of sp³-hybridized carbons (Fsp3) is 1.00. The zero-order valence-electron chi connectivity index (χ0n) is 9.14. The van der Waals surface area contributed by atoms with Crippen LogP contribution in [0.1, 0.15) is 38.5 Å². The molecule has 1 aliphatic heterocycles. The molecular weight excluding hydrogens is 248 g/mol. The van der Waals surface area contributed by atoms with Crippen LogP contribution in [0.15, 0.2) is 0 Å². The molecule has 0 aromatic heterocycles. The zero-order valence-corrected chi connectivity index (χ0v) is 10.7. The van der Waals surface area contributed by atoms with Crippen molar-refractivity contribution in [3.63, 3.8) is 0 Å². The Morgan fingerprint density at radius 2 is 1.75 bits per heavy atom. The molecule has 0 aromatic rings. The van der Waals surface area contributed by atoms with Gasteiger partial charge in [-0.25, -0.2) is 8.42 Å². The molecule has 0 aromatic carbocycles. The molecule has 0 amide bonds. The number of hydrogen-bond donors (Lipinski definition) is 0. The lowest BCUT2D eigenvalue weighted by molar-refractivity contribution is 0.0184. The molecule has 5 heteroatoms. The molecule has 16 heavy (non-hydrogen) atoms. The van der Waals surface area contributed by atoms with E-state index in [1.807, 2.05) is 0 Å². The van der Waals surface area contributed by atoms with Crippen molar-refractivity contribution < 1.29 is 13.2 Å². The number of fused-ring (bicyclic) bond motifs is 3. The van der Waals surface area contributed by atoms with E-state index in [0.717, 1.165) is 19.3 Å². The first kappa shape index (κ1) is 11.3. The average molecular weight is 265 g/mol. The molecule has 92 valence electrons. The van der Waals surface area contributed by atoms with E-state index in [2.05, 4.69) is 0 Å². The number of halogens is 1. The largest absolute Gasteiger partial charge is 0.374 e. The molecule has 3 nitrogen and oxygen atoms in total. The van der Waals surface area contributed by atoms with Crippen molar-refractivity contribution in [1.82, 2.24) is 0 Å². The second-order valence-electron chi connectivity index (χ2n) is 5.38. The van der Waals surface area contributed by atoms with Gasteiger partial charge in [-0.1, -0.05) is 6.42 Å². The first-order valence-electron chi connectivity index (χ1n) is 6.14. The van der Waals surface area contributed by atoms with Gasteiger partial charge in [0, 0.05) is 10.7 Å². The molecule has 3 aliphatic rings. The summed E-state index contributed by atoms with van der Waals surface area (Å²) in [6.07, 6.45) is 6.58. The standard InChI is InChI=1S/C11H17ClO3S/c12-16(13,14)7-4-5-9-8-2-1-3-10(8)15-11(9)6-7/h7-11H,1-6H2. The van der Waals surface area contributed by atoms with Crippen LogP contribution in [0.4, 0.5) is 0 Å². The van der Waals surface area contributed by atoms with E-state index in [9.17, 15) is 8.42 Å². The third-order valence-corrected chi connectivity index (χ3v) is 6.58. The predicted molar refractivity (Wildman–Crippen MR) is 61.9 cm³/mol. The lowest BCUT2D eigenvalue weighted by Crippen LogP contribution is -2.34. The maximum atomic E-state index is 11.3. The van der Waals surface area contributed by atoms with E-state index in [1.165, 1.54) is 12.8 Å². The first-order valence-corrected chi connectivity index (χ1v) is 8.52. The highest BCUT2D eigenvalue weighted by atomic mass is 35.7. The maximum Gasteiger partial charge on any atom is 0.235 e. The minimum Gasteiger partial charge on any atom is -0.374 e. The van der Waals surface area contributed by atoms with Gasteiger partial charge in [0.25, 0.3) is 0 Å². The molecule has 2 aliphatic carbocycles. The maximum absolute atomic E-state index is 11.3. The Hall–Kier alpha value is 0.200. The van der Waals surface area contributed by atoms with Crippen LogP contribution < -0.4 is 0 Å². The van der Waals surface area contributed by atoms with Crippen molar-refractivity contribution in [3.05, 3.63) is 0 Å². The number of hydrogen-bond acceptors (Lipinski definition) is 3. The highest BCUT2D eigenvalue weighted by molar-refractivity contribution is 8.14. The summed E-state index contributed by atoms with van der Waals surface area (Å²) in [6, 6.07) is 0. The van der Waals surface area contributed by atoms with E-state index in [4.69, 9.17) is 15.4 Å². The van der Waals surface area contributed by atoms with Crippen molar-refractivity contribution in [1.29, 1.82) is 0 Å². The molecule has 5 atom stereocenters. The SMILES string of the molecule is O=S(=O)(Cl)C1CCC2C(C1)OC1CCCC12. The monoisotopic (exact) mass is 264 g/mol. The Morgan fingerprint density at radius 1 is 1.00 bits per heavy atom. The zero-order chi connectivity index (χ0) is 11.3. The minimum atomic E-state index is -3.40. The van der Waals surface area contributed by atoms with Crippen molar-refractivity contribution in [2.24, 2.45) is 11.8 Å². The van der Waals surface area contributed by atoms with Crippen molar-refractivity contribution in [2.75, 3.05) is 0 Å². The summed E-state index contributed by atoms with van der Waals surface area (Å²) < 4.78 is 28.7. The summed E-state index contributed by atoms with van der Waals surface area (Å²) in [5.41, 5.74) is 0. The molecule has 0 radical (unpaired) electrons. The Morgan fingerprint density at radius 3 is 2.50 bits per heavy atom. The summed E-state index contributed by atoms with van der Waals surface area (Å²) in [4.78, 5) is 0. The van der Waals surface area contributed by atoms with Crippen molar-refractivity contribution in [2.45, 2.75) is 56.0 Å². The first-order chi connectivity index (χ1) is 7.55. The third kappa shape index (κ3) is 1.79. The Kier molecular flexibility index (Phi) is 2.72. The number of ether oxygens (including phenoxy) is 1. The Balaban J connectivity index is 1.74. The van der Waals surface area contributed by atoms with Crippen molar-refractivity contribution in [3.8, 4) is 0 Å². The second kappa shape index (κ2) is 3.85. The molecule has 2 saturated carbocycles. The Bertz CT molecular complexity index is 381. The molecular formula is C11H17ClO3S. The van der Waals surface area contributed by atoms with Gasteiger partial charge in [-0.15, -0.1) is 0 Å². The van der Waals surface area contributed by atoms with E-state index < -0.39 is 9.05 Å². The van der Waals surface area contributed by atoms with Crippen LogP contribution in [0.2, 0.25) is 0 Å². The van der Waals surface area contributed by atoms with Gasteiger partial charge in [0.2, 0.25) is 9.05 Å². The van der Waals surface area contributed by atoms with Gasteiger partial charge < -0.3 is 4.74 Å². The quantitative estimate of drug-likeness (QED) is 0.683. The van der Waals surface area contributed by atoms with Crippen LogP contribution in [0.3, 0.4) is 0 Å². The summed E-state index contributed by atoms with van der Waals surface area (Å²) in [5.74, 6) is 1.30. The molecule has 0 spiro atoms. The highest BCUT2D eigenvalue weighted by Gasteiger charge is 2.50. The minimum absolute atomic E-state index is 0.155.